The molecule has 3 unspecified atom stereocenters. The zero-order chi connectivity index (χ0) is 14.0. The number of amides is 1. The lowest BCUT2D eigenvalue weighted by atomic mass is 10.1. The van der Waals surface area contributed by atoms with E-state index in [0.29, 0.717) is 19.4 Å². The van der Waals surface area contributed by atoms with Crippen molar-refractivity contribution < 1.29 is 18.3 Å². The van der Waals surface area contributed by atoms with Crippen LogP contribution in [0.3, 0.4) is 0 Å². The van der Waals surface area contributed by atoms with E-state index in [2.05, 4.69) is 11.2 Å². The largest absolute Gasteiger partial charge is 0.392 e. The molecule has 106 valence electrons. The lowest BCUT2D eigenvalue weighted by molar-refractivity contribution is -0.134. The molecule has 0 bridgehead atoms. The van der Waals surface area contributed by atoms with Gasteiger partial charge in [-0.2, -0.15) is 0 Å². The lowest BCUT2D eigenvalue weighted by Gasteiger charge is -2.28. The molecule has 2 fully saturated rings. The molecule has 0 aromatic carbocycles. The molecule has 2 N–H and O–H groups in total. The van der Waals surface area contributed by atoms with Gasteiger partial charge in [0.1, 0.15) is 0 Å². The molecule has 2 saturated heterocycles. The first kappa shape index (κ1) is 14.3. The highest BCUT2D eigenvalue weighted by Crippen LogP contribution is 2.20. The van der Waals surface area contributed by atoms with Gasteiger partial charge in [-0.25, -0.2) is 8.42 Å². The molecular weight excluding hydrogens is 268 g/mol. The van der Waals surface area contributed by atoms with Crippen molar-refractivity contribution >= 4 is 15.7 Å². The first-order valence-electron chi connectivity index (χ1n) is 6.29. The number of hydrogen-bond acceptors (Lipinski definition) is 5. The number of nitrogens with one attached hydrogen (secondary N) is 1. The van der Waals surface area contributed by atoms with E-state index in [0.717, 1.165) is 0 Å². The quantitative estimate of drug-likeness (QED) is 0.608. The summed E-state index contributed by atoms with van der Waals surface area (Å²) in [5.74, 6) is 2.28. The number of nitrogens with zero attached hydrogens (tertiary/aromatic N) is 1. The summed E-state index contributed by atoms with van der Waals surface area (Å²) in [6.45, 7) is 0.483. The maximum absolute atomic E-state index is 12.3. The monoisotopic (exact) mass is 286 g/mol. The van der Waals surface area contributed by atoms with E-state index in [-0.39, 0.29) is 30.0 Å². The molecular formula is C12H18N2O4S. The third-order valence-corrected chi connectivity index (χ3v) is 5.35. The summed E-state index contributed by atoms with van der Waals surface area (Å²) >= 11 is 0. The van der Waals surface area contributed by atoms with Crippen LogP contribution in [0.5, 0.6) is 0 Å². The number of sulfone groups is 1. The standard InChI is InChI=1S/C12H18N2O4S/c1-2-4-14(9-3-5-19(17,18)8-9)12(16)11-6-10(15)7-13-11/h1,9-11,13,15H,3-8H2. The topological polar surface area (TPSA) is 86.7 Å². The van der Waals surface area contributed by atoms with E-state index in [1.807, 2.05) is 0 Å². The van der Waals surface area contributed by atoms with Crippen molar-refractivity contribution in [3.05, 3.63) is 0 Å². The molecule has 7 heteroatoms. The second-order valence-electron chi connectivity index (χ2n) is 5.08. The van der Waals surface area contributed by atoms with Gasteiger partial charge in [0.2, 0.25) is 5.91 Å². The SMILES string of the molecule is C#CCN(C(=O)C1CC(O)CN1)C1CCS(=O)(=O)C1. The van der Waals surface area contributed by atoms with Crippen molar-refractivity contribution in [1.29, 1.82) is 0 Å². The highest BCUT2D eigenvalue weighted by molar-refractivity contribution is 7.91. The van der Waals surface area contributed by atoms with Gasteiger partial charge < -0.3 is 15.3 Å². The van der Waals surface area contributed by atoms with Gasteiger partial charge >= 0.3 is 0 Å². The molecule has 19 heavy (non-hydrogen) atoms. The maximum atomic E-state index is 12.3. The Kier molecular flexibility index (Phi) is 4.13. The molecule has 1 amide bonds. The molecule has 6 nitrogen and oxygen atoms in total. The van der Waals surface area contributed by atoms with Crippen molar-refractivity contribution in [3.63, 3.8) is 0 Å². The maximum Gasteiger partial charge on any atom is 0.240 e. The predicted molar refractivity (Wildman–Crippen MR) is 70.0 cm³/mol. The first-order chi connectivity index (χ1) is 8.93. The fraction of sp³-hybridized carbons (Fsp3) is 0.750. The molecule has 0 radical (unpaired) electrons. The van der Waals surface area contributed by atoms with Gasteiger partial charge in [-0.05, 0) is 12.8 Å². The summed E-state index contributed by atoms with van der Waals surface area (Å²) in [5.41, 5.74) is 0. The number of aliphatic hydroxyl groups excluding tert-OH is 1. The minimum Gasteiger partial charge on any atom is -0.392 e. The van der Waals surface area contributed by atoms with Crippen LogP contribution in [-0.4, -0.2) is 67.1 Å². The van der Waals surface area contributed by atoms with Crippen LogP contribution >= 0.6 is 0 Å². The van der Waals surface area contributed by atoms with E-state index in [1.165, 1.54) is 4.90 Å². The van der Waals surface area contributed by atoms with E-state index in [9.17, 15) is 18.3 Å². The molecule has 3 atom stereocenters. The summed E-state index contributed by atoms with van der Waals surface area (Å²) in [5, 5.41) is 12.4. The Balaban J connectivity index is 2.08. The van der Waals surface area contributed by atoms with Gasteiger partial charge in [0.25, 0.3) is 0 Å². The molecule has 0 aromatic rings. The van der Waals surface area contributed by atoms with Gasteiger partial charge in [-0.1, -0.05) is 5.92 Å². The Bertz CT molecular complexity index is 496. The summed E-state index contributed by atoms with van der Waals surface area (Å²) < 4.78 is 23.0. The molecule has 2 aliphatic heterocycles. The Morgan fingerprint density at radius 1 is 1.53 bits per heavy atom. The molecule has 0 aliphatic carbocycles. The number of carbonyl (C=O) groups excluding carboxylic acids is 1. The van der Waals surface area contributed by atoms with Crippen LogP contribution in [0.15, 0.2) is 0 Å². The fourth-order valence-corrected chi connectivity index (χ4v) is 4.34. The number of hydrogen-bond donors (Lipinski definition) is 2. The molecule has 2 rings (SSSR count). The van der Waals surface area contributed by atoms with Crippen molar-refractivity contribution in [3.8, 4) is 12.3 Å². The van der Waals surface area contributed by atoms with Gasteiger partial charge in [0.05, 0.1) is 30.2 Å². The van der Waals surface area contributed by atoms with Gasteiger partial charge in [0.15, 0.2) is 9.84 Å². The van der Waals surface area contributed by atoms with Gasteiger partial charge in [-0.15, -0.1) is 6.42 Å². The number of aliphatic hydroxyl groups is 1. The van der Waals surface area contributed by atoms with Crippen molar-refractivity contribution in [1.82, 2.24) is 10.2 Å². The average molecular weight is 286 g/mol. The number of β-amino-alcohol motifs (C(OH)–C–C–N with tert-alkyl or cyclic N) is 1. The highest BCUT2D eigenvalue weighted by Gasteiger charge is 2.38. The number of terminal acetylenes is 1. The Morgan fingerprint density at radius 3 is 2.74 bits per heavy atom. The summed E-state index contributed by atoms with van der Waals surface area (Å²) in [4.78, 5) is 13.8. The third-order valence-electron chi connectivity index (χ3n) is 3.60. The zero-order valence-corrected chi connectivity index (χ0v) is 11.4. The molecule has 2 aliphatic rings. The second-order valence-corrected chi connectivity index (χ2v) is 7.31. The normalized spacial score (nSPS) is 32.9. The summed E-state index contributed by atoms with van der Waals surface area (Å²) in [6, 6.07) is -0.806. The second kappa shape index (κ2) is 5.49. The van der Waals surface area contributed by atoms with Crippen molar-refractivity contribution in [2.45, 2.75) is 31.0 Å². The first-order valence-corrected chi connectivity index (χ1v) is 8.11. The van der Waals surface area contributed by atoms with E-state index >= 15 is 0 Å². The number of rotatable bonds is 3. The van der Waals surface area contributed by atoms with Crippen molar-refractivity contribution in [2.75, 3.05) is 24.6 Å². The third kappa shape index (κ3) is 3.26. The molecule has 0 aromatic heterocycles. The summed E-state index contributed by atoms with van der Waals surface area (Å²) in [7, 11) is -3.06. The van der Waals surface area contributed by atoms with Crippen molar-refractivity contribution in [2.24, 2.45) is 0 Å². The Hall–Kier alpha value is -1.10. The number of carbonyl (C=O) groups is 1. The average Bonchev–Trinajstić information content (AvgIpc) is 2.91. The zero-order valence-electron chi connectivity index (χ0n) is 10.6. The molecule has 0 saturated carbocycles. The lowest BCUT2D eigenvalue weighted by Crippen LogP contribution is -2.49. The predicted octanol–water partition coefficient (Wildman–Crippen LogP) is -1.64. The van der Waals surface area contributed by atoms with Crippen LogP contribution in [0, 0.1) is 12.3 Å². The highest BCUT2D eigenvalue weighted by atomic mass is 32.2. The van der Waals surface area contributed by atoms with Crippen LogP contribution < -0.4 is 5.32 Å². The summed E-state index contributed by atoms with van der Waals surface area (Å²) in [6.07, 6.45) is 5.51. The van der Waals surface area contributed by atoms with Crippen LogP contribution in [0.1, 0.15) is 12.8 Å². The fourth-order valence-electron chi connectivity index (χ4n) is 2.61. The molecule has 0 spiro atoms. The smallest absolute Gasteiger partial charge is 0.240 e. The Labute approximate surface area is 113 Å². The van der Waals surface area contributed by atoms with Crippen LogP contribution in [0.2, 0.25) is 0 Å². The van der Waals surface area contributed by atoms with Gasteiger partial charge in [0, 0.05) is 12.6 Å². The van der Waals surface area contributed by atoms with E-state index in [1.54, 1.807) is 0 Å². The van der Waals surface area contributed by atoms with E-state index in [4.69, 9.17) is 6.42 Å². The van der Waals surface area contributed by atoms with E-state index < -0.39 is 22.0 Å². The van der Waals surface area contributed by atoms with Crippen LogP contribution in [0.4, 0.5) is 0 Å². The minimum atomic E-state index is -3.06. The Morgan fingerprint density at radius 2 is 2.26 bits per heavy atom. The van der Waals surface area contributed by atoms with Crippen LogP contribution in [-0.2, 0) is 14.6 Å². The van der Waals surface area contributed by atoms with Gasteiger partial charge in [-0.3, -0.25) is 4.79 Å². The molecule has 2 heterocycles. The minimum absolute atomic E-state index is 0.0182. The van der Waals surface area contributed by atoms with Crippen LogP contribution in [0.25, 0.3) is 0 Å².